The van der Waals surface area contributed by atoms with Crippen LogP contribution in [0.2, 0.25) is 0 Å². The number of rotatable bonds is 4. The number of alkyl halides is 1. The first-order valence-electron chi connectivity index (χ1n) is 6.70. The molecule has 1 N–H and O–H groups in total. The van der Waals surface area contributed by atoms with Gasteiger partial charge in [0.1, 0.15) is 11.3 Å². The Hall–Kier alpha value is -1.63. The van der Waals surface area contributed by atoms with Gasteiger partial charge >= 0.3 is 0 Å². The highest BCUT2D eigenvalue weighted by Crippen LogP contribution is 2.37. The molecule has 0 aliphatic carbocycles. The lowest BCUT2D eigenvalue weighted by Crippen LogP contribution is -2.12. The Morgan fingerprint density at radius 1 is 1.55 bits per heavy atom. The van der Waals surface area contributed by atoms with Crippen molar-refractivity contribution in [3.05, 3.63) is 40.2 Å². The summed E-state index contributed by atoms with van der Waals surface area (Å²) in [5.41, 5.74) is 1.85. The van der Waals surface area contributed by atoms with Crippen molar-refractivity contribution in [2.45, 2.75) is 13.0 Å². The number of ketones is 1. The minimum absolute atomic E-state index is 0.0521. The van der Waals surface area contributed by atoms with Gasteiger partial charge in [-0.15, -0.1) is 22.9 Å². The minimum atomic E-state index is -0.0521. The van der Waals surface area contributed by atoms with Crippen LogP contribution in [0.4, 0.5) is 5.00 Å². The molecule has 0 bridgehead atoms. The van der Waals surface area contributed by atoms with Gasteiger partial charge in [-0.05, 0) is 24.1 Å². The van der Waals surface area contributed by atoms with Gasteiger partial charge in [0, 0.05) is 11.9 Å². The van der Waals surface area contributed by atoms with Crippen molar-refractivity contribution in [3.8, 4) is 0 Å². The number of nitrogens with one attached hydrogen (secondary N) is 1. The standard InChI is InChI=1S/C13H13NO3S.C2H3ClO/c1-14-13-11(12(15)9-3-2-5-17-9)8-4-6-16-7-10(8)18-13;3-1-2-4/h2-3,5,14H,4,6-7H2,1H3;2H,1H2. The van der Waals surface area contributed by atoms with E-state index in [4.69, 9.17) is 25.5 Å². The summed E-state index contributed by atoms with van der Waals surface area (Å²) in [6.45, 7) is 1.27. The van der Waals surface area contributed by atoms with Gasteiger partial charge in [-0.2, -0.15) is 0 Å². The average molecular weight is 342 g/mol. The van der Waals surface area contributed by atoms with E-state index < -0.39 is 0 Å². The molecule has 2 aromatic heterocycles. The normalized spacial score (nSPS) is 12.8. The maximum atomic E-state index is 12.5. The van der Waals surface area contributed by atoms with E-state index in [2.05, 4.69) is 5.32 Å². The van der Waals surface area contributed by atoms with E-state index in [1.807, 2.05) is 7.05 Å². The molecule has 0 saturated heterocycles. The third-order valence-corrected chi connectivity index (χ3v) is 4.43. The van der Waals surface area contributed by atoms with Crippen LogP contribution in [0.5, 0.6) is 0 Å². The third kappa shape index (κ3) is 3.58. The maximum absolute atomic E-state index is 12.5. The van der Waals surface area contributed by atoms with Crippen LogP contribution < -0.4 is 5.32 Å². The predicted molar refractivity (Wildman–Crippen MR) is 86.2 cm³/mol. The fourth-order valence-electron chi connectivity index (χ4n) is 2.18. The van der Waals surface area contributed by atoms with Crippen molar-refractivity contribution in [2.75, 3.05) is 24.9 Å². The molecule has 0 fully saturated rings. The molecule has 0 radical (unpaired) electrons. The number of hydrogen-bond donors (Lipinski definition) is 1. The van der Waals surface area contributed by atoms with Crippen LogP contribution in [0.25, 0.3) is 0 Å². The number of anilines is 1. The largest absolute Gasteiger partial charge is 0.461 e. The summed E-state index contributed by atoms with van der Waals surface area (Å²) in [6.07, 6.45) is 2.95. The zero-order valence-corrected chi connectivity index (χ0v) is 13.6. The van der Waals surface area contributed by atoms with E-state index in [1.165, 1.54) is 6.26 Å². The van der Waals surface area contributed by atoms with Crippen LogP contribution in [0.1, 0.15) is 26.6 Å². The van der Waals surface area contributed by atoms with Crippen LogP contribution in [0.3, 0.4) is 0 Å². The maximum Gasteiger partial charge on any atom is 0.231 e. The van der Waals surface area contributed by atoms with Crippen LogP contribution in [-0.2, 0) is 22.6 Å². The number of halogens is 1. The van der Waals surface area contributed by atoms with Gasteiger partial charge in [-0.1, -0.05) is 0 Å². The summed E-state index contributed by atoms with van der Waals surface area (Å²) in [7, 11) is 1.83. The smallest absolute Gasteiger partial charge is 0.231 e. The van der Waals surface area contributed by atoms with Crippen LogP contribution in [-0.4, -0.2) is 31.6 Å². The molecular formula is C15H16ClNO4S. The number of carbonyl (C=O) groups excluding carboxylic acids is 2. The Balaban J connectivity index is 0.000000396. The monoisotopic (exact) mass is 341 g/mol. The number of fused-ring (bicyclic) bond motifs is 1. The van der Waals surface area contributed by atoms with Gasteiger partial charge in [-0.25, -0.2) is 0 Å². The fraction of sp³-hybridized carbons (Fsp3) is 0.333. The topological polar surface area (TPSA) is 68.5 Å². The number of aldehydes is 1. The summed E-state index contributed by atoms with van der Waals surface area (Å²) in [5, 5.41) is 3.99. The van der Waals surface area contributed by atoms with E-state index >= 15 is 0 Å². The second kappa shape index (κ2) is 8.12. The Labute approximate surface area is 137 Å². The van der Waals surface area contributed by atoms with Crippen LogP contribution in [0, 0.1) is 0 Å². The molecule has 3 rings (SSSR count). The molecule has 3 heterocycles. The van der Waals surface area contributed by atoms with E-state index in [0.717, 1.165) is 27.4 Å². The molecule has 0 amide bonds. The molecule has 1 aliphatic heterocycles. The summed E-state index contributed by atoms with van der Waals surface area (Å²) >= 11 is 6.41. The summed E-state index contributed by atoms with van der Waals surface area (Å²) in [5.74, 6) is 0.447. The van der Waals surface area contributed by atoms with Crippen molar-refractivity contribution in [1.82, 2.24) is 0 Å². The average Bonchev–Trinajstić information content (AvgIpc) is 3.21. The summed E-state index contributed by atoms with van der Waals surface area (Å²) in [6, 6.07) is 3.43. The molecule has 118 valence electrons. The van der Waals surface area contributed by atoms with Crippen molar-refractivity contribution in [2.24, 2.45) is 0 Å². The molecule has 0 aromatic carbocycles. The predicted octanol–water partition coefficient (Wildman–Crippen LogP) is 3.11. The lowest BCUT2D eigenvalue weighted by Gasteiger charge is -2.12. The molecule has 7 heteroatoms. The third-order valence-electron chi connectivity index (χ3n) is 3.08. The molecule has 0 saturated carbocycles. The highest BCUT2D eigenvalue weighted by molar-refractivity contribution is 7.16. The van der Waals surface area contributed by atoms with E-state index in [9.17, 15) is 4.79 Å². The first kappa shape index (κ1) is 16.7. The Morgan fingerprint density at radius 3 is 2.91 bits per heavy atom. The summed E-state index contributed by atoms with van der Waals surface area (Å²) < 4.78 is 10.6. The number of furan rings is 1. The number of ether oxygens (including phenoxy) is 1. The van der Waals surface area contributed by atoms with Crippen LogP contribution in [0.15, 0.2) is 22.8 Å². The number of thiophene rings is 1. The second-order valence-electron chi connectivity index (χ2n) is 4.39. The first-order valence-corrected chi connectivity index (χ1v) is 8.05. The Morgan fingerprint density at radius 2 is 2.32 bits per heavy atom. The minimum Gasteiger partial charge on any atom is -0.461 e. The van der Waals surface area contributed by atoms with E-state index in [0.29, 0.717) is 25.3 Å². The second-order valence-corrected chi connectivity index (χ2v) is 5.80. The molecule has 0 spiro atoms. The van der Waals surface area contributed by atoms with Gasteiger partial charge < -0.3 is 19.3 Å². The zero-order valence-electron chi connectivity index (χ0n) is 12.1. The molecule has 22 heavy (non-hydrogen) atoms. The van der Waals surface area contributed by atoms with Gasteiger partial charge in [0.25, 0.3) is 0 Å². The fourth-order valence-corrected chi connectivity index (χ4v) is 3.32. The first-order chi connectivity index (χ1) is 10.7. The summed E-state index contributed by atoms with van der Waals surface area (Å²) in [4.78, 5) is 22.6. The van der Waals surface area contributed by atoms with Crippen molar-refractivity contribution in [1.29, 1.82) is 0 Å². The van der Waals surface area contributed by atoms with Crippen molar-refractivity contribution >= 4 is 40.0 Å². The molecule has 0 atom stereocenters. The highest BCUT2D eigenvalue weighted by Gasteiger charge is 2.27. The molecule has 5 nitrogen and oxygen atoms in total. The zero-order chi connectivity index (χ0) is 15.9. The highest BCUT2D eigenvalue weighted by atomic mass is 35.5. The number of carbonyl (C=O) groups is 2. The molecular weight excluding hydrogens is 326 g/mol. The van der Waals surface area contributed by atoms with Gasteiger partial charge in [0.05, 0.1) is 30.9 Å². The lowest BCUT2D eigenvalue weighted by molar-refractivity contribution is -0.105. The SMILES string of the molecule is CNc1sc2c(c1C(=O)c1ccco1)CCOC2.O=CCCl. The Kier molecular flexibility index (Phi) is 6.18. The van der Waals surface area contributed by atoms with E-state index in [-0.39, 0.29) is 11.7 Å². The quantitative estimate of drug-likeness (QED) is 0.525. The van der Waals surface area contributed by atoms with Crippen LogP contribution >= 0.6 is 22.9 Å². The number of hydrogen-bond acceptors (Lipinski definition) is 6. The van der Waals surface area contributed by atoms with Crippen molar-refractivity contribution < 1.29 is 18.7 Å². The molecule has 1 aliphatic rings. The van der Waals surface area contributed by atoms with Gasteiger partial charge in [0.15, 0.2) is 5.76 Å². The molecule has 0 unspecified atom stereocenters. The lowest BCUT2D eigenvalue weighted by atomic mass is 10.0. The molecule has 2 aromatic rings. The van der Waals surface area contributed by atoms with E-state index in [1.54, 1.807) is 23.5 Å². The van der Waals surface area contributed by atoms with Crippen molar-refractivity contribution in [3.63, 3.8) is 0 Å². The Bertz CT molecular complexity index is 636. The van der Waals surface area contributed by atoms with Gasteiger partial charge in [-0.3, -0.25) is 4.79 Å². The van der Waals surface area contributed by atoms with Gasteiger partial charge in [0.2, 0.25) is 5.78 Å².